The first kappa shape index (κ1) is 12.1. The van der Waals surface area contributed by atoms with Gasteiger partial charge in [-0.1, -0.05) is 6.07 Å². The minimum atomic E-state index is -3.29. The van der Waals surface area contributed by atoms with E-state index in [0.717, 1.165) is 12.1 Å². The van der Waals surface area contributed by atoms with Gasteiger partial charge in [-0.25, -0.2) is 8.42 Å². The third-order valence-electron chi connectivity index (χ3n) is 2.78. The lowest BCUT2D eigenvalue weighted by atomic mass is 10.0. The smallest absolute Gasteiger partial charge is 0.200 e. The Bertz CT molecular complexity index is 561. The summed E-state index contributed by atoms with van der Waals surface area (Å²) in [4.78, 5) is 0.350. The van der Waals surface area contributed by atoms with Crippen molar-refractivity contribution >= 4 is 15.4 Å². The SMILES string of the molecule is CNCCC1=CS(=O)(=O)c2cccc(OC)c21. The van der Waals surface area contributed by atoms with Crippen LogP contribution < -0.4 is 10.1 Å². The van der Waals surface area contributed by atoms with Crippen molar-refractivity contribution in [3.8, 4) is 5.75 Å². The van der Waals surface area contributed by atoms with Gasteiger partial charge in [-0.05, 0) is 37.7 Å². The largest absolute Gasteiger partial charge is 0.496 e. The van der Waals surface area contributed by atoms with E-state index in [1.165, 1.54) is 5.41 Å². The molecule has 1 heterocycles. The maximum Gasteiger partial charge on any atom is 0.200 e. The zero-order chi connectivity index (χ0) is 12.5. The van der Waals surface area contributed by atoms with Gasteiger partial charge in [-0.2, -0.15) is 0 Å². The summed E-state index contributed by atoms with van der Waals surface area (Å²) >= 11 is 0. The number of methoxy groups -OCH3 is 1. The summed E-state index contributed by atoms with van der Waals surface area (Å²) in [5.41, 5.74) is 1.53. The van der Waals surface area contributed by atoms with Gasteiger partial charge in [0, 0.05) is 11.0 Å². The molecule has 0 amide bonds. The average Bonchev–Trinajstić information content (AvgIpc) is 2.58. The lowest BCUT2D eigenvalue weighted by Crippen LogP contribution is -2.07. The summed E-state index contributed by atoms with van der Waals surface area (Å²) in [5, 5.41) is 4.36. The fourth-order valence-electron chi connectivity index (χ4n) is 1.99. The zero-order valence-electron chi connectivity index (χ0n) is 9.86. The Hall–Kier alpha value is -1.33. The number of hydrogen-bond donors (Lipinski definition) is 1. The number of fused-ring (bicyclic) bond motifs is 1. The second kappa shape index (κ2) is 4.50. The van der Waals surface area contributed by atoms with Crippen LogP contribution in [0.1, 0.15) is 12.0 Å². The molecule has 1 aliphatic heterocycles. The topological polar surface area (TPSA) is 55.4 Å². The molecule has 0 atom stereocenters. The van der Waals surface area contributed by atoms with Crippen LogP contribution >= 0.6 is 0 Å². The molecule has 0 aromatic heterocycles. The van der Waals surface area contributed by atoms with Gasteiger partial charge in [0.1, 0.15) is 5.75 Å². The summed E-state index contributed by atoms with van der Waals surface area (Å²) in [7, 11) is 0.105. The number of rotatable bonds is 4. The van der Waals surface area contributed by atoms with Gasteiger partial charge in [-0.15, -0.1) is 0 Å². The fourth-order valence-corrected chi connectivity index (χ4v) is 3.51. The Morgan fingerprint density at radius 3 is 2.76 bits per heavy atom. The Kier molecular flexibility index (Phi) is 3.22. The van der Waals surface area contributed by atoms with Gasteiger partial charge in [0.05, 0.1) is 12.0 Å². The highest BCUT2D eigenvalue weighted by Crippen LogP contribution is 2.40. The van der Waals surface area contributed by atoms with Gasteiger partial charge in [0.2, 0.25) is 9.84 Å². The van der Waals surface area contributed by atoms with Gasteiger partial charge < -0.3 is 10.1 Å². The Labute approximate surface area is 101 Å². The minimum absolute atomic E-state index is 0.350. The molecule has 0 aliphatic carbocycles. The second-order valence-electron chi connectivity index (χ2n) is 3.88. The molecular weight excluding hydrogens is 238 g/mol. The average molecular weight is 253 g/mol. The molecule has 0 unspecified atom stereocenters. The summed E-state index contributed by atoms with van der Waals surface area (Å²) in [6.07, 6.45) is 0.670. The van der Waals surface area contributed by atoms with Crippen LogP contribution in [0, 0.1) is 0 Å². The van der Waals surface area contributed by atoms with Gasteiger partial charge in [-0.3, -0.25) is 0 Å². The van der Waals surface area contributed by atoms with Crippen molar-refractivity contribution in [3.05, 3.63) is 29.2 Å². The van der Waals surface area contributed by atoms with Crippen LogP contribution in [-0.4, -0.2) is 29.1 Å². The number of hydrogen-bond acceptors (Lipinski definition) is 4. The number of benzene rings is 1. The molecule has 2 rings (SSSR count). The second-order valence-corrected chi connectivity index (χ2v) is 5.64. The molecule has 1 aliphatic rings. The molecule has 0 saturated heterocycles. The first-order chi connectivity index (χ1) is 8.10. The predicted molar refractivity (Wildman–Crippen MR) is 66.7 cm³/mol. The number of nitrogens with one attached hydrogen (secondary N) is 1. The van der Waals surface area contributed by atoms with Crippen LogP contribution in [0.5, 0.6) is 5.75 Å². The van der Waals surface area contributed by atoms with Crippen molar-refractivity contribution in [1.82, 2.24) is 5.32 Å². The van der Waals surface area contributed by atoms with E-state index in [4.69, 9.17) is 4.74 Å². The van der Waals surface area contributed by atoms with Crippen molar-refractivity contribution in [2.75, 3.05) is 20.7 Å². The third-order valence-corrected chi connectivity index (χ3v) is 4.33. The molecule has 0 bridgehead atoms. The monoisotopic (exact) mass is 253 g/mol. The van der Waals surface area contributed by atoms with E-state index in [1.54, 1.807) is 25.3 Å². The molecule has 5 heteroatoms. The molecule has 17 heavy (non-hydrogen) atoms. The molecular formula is C12H15NO3S. The predicted octanol–water partition coefficient (Wildman–Crippen LogP) is 1.43. The number of ether oxygens (including phenoxy) is 1. The Morgan fingerprint density at radius 1 is 1.35 bits per heavy atom. The van der Waals surface area contributed by atoms with Crippen LogP contribution in [-0.2, 0) is 9.84 Å². The standard InChI is InChI=1S/C12H15NO3S/c1-13-7-6-9-8-17(14,15)11-5-3-4-10(16-2)12(9)11/h3-5,8,13H,6-7H2,1-2H3. The van der Waals surface area contributed by atoms with Crippen LogP contribution in [0.4, 0.5) is 0 Å². The molecule has 0 radical (unpaired) electrons. The fraction of sp³-hybridized carbons (Fsp3) is 0.333. The Morgan fingerprint density at radius 2 is 2.12 bits per heavy atom. The molecule has 92 valence electrons. The lowest BCUT2D eigenvalue weighted by molar-refractivity contribution is 0.412. The summed E-state index contributed by atoms with van der Waals surface area (Å²) in [5.74, 6) is 0.617. The van der Waals surface area contributed by atoms with E-state index < -0.39 is 9.84 Å². The maximum atomic E-state index is 11.9. The van der Waals surface area contributed by atoms with E-state index in [0.29, 0.717) is 22.6 Å². The summed E-state index contributed by atoms with van der Waals surface area (Å²) in [6.45, 7) is 0.735. The van der Waals surface area contributed by atoms with E-state index in [9.17, 15) is 8.42 Å². The first-order valence-electron chi connectivity index (χ1n) is 5.38. The number of sulfone groups is 1. The van der Waals surface area contributed by atoms with E-state index in [1.807, 2.05) is 7.05 Å². The van der Waals surface area contributed by atoms with E-state index in [2.05, 4.69) is 5.32 Å². The molecule has 1 aromatic carbocycles. The van der Waals surface area contributed by atoms with Crippen molar-refractivity contribution in [2.24, 2.45) is 0 Å². The van der Waals surface area contributed by atoms with Crippen LogP contribution in [0.2, 0.25) is 0 Å². The highest BCUT2D eigenvalue weighted by molar-refractivity contribution is 7.95. The minimum Gasteiger partial charge on any atom is -0.496 e. The lowest BCUT2D eigenvalue weighted by Gasteiger charge is -2.09. The van der Waals surface area contributed by atoms with Gasteiger partial charge in [0.15, 0.2) is 0 Å². The van der Waals surface area contributed by atoms with Crippen molar-refractivity contribution in [2.45, 2.75) is 11.3 Å². The summed E-state index contributed by atoms with van der Waals surface area (Å²) in [6, 6.07) is 5.10. The zero-order valence-corrected chi connectivity index (χ0v) is 10.7. The molecule has 1 aromatic rings. The Balaban J connectivity index is 2.55. The molecule has 0 saturated carbocycles. The molecule has 4 nitrogen and oxygen atoms in total. The normalized spacial score (nSPS) is 16.5. The van der Waals surface area contributed by atoms with Gasteiger partial charge >= 0.3 is 0 Å². The van der Waals surface area contributed by atoms with Crippen LogP contribution in [0.3, 0.4) is 0 Å². The van der Waals surface area contributed by atoms with E-state index in [-0.39, 0.29) is 0 Å². The highest BCUT2D eigenvalue weighted by Gasteiger charge is 2.29. The quantitative estimate of drug-likeness (QED) is 0.882. The molecule has 0 spiro atoms. The maximum absolute atomic E-state index is 11.9. The van der Waals surface area contributed by atoms with Crippen molar-refractivity contribution in [3.63, 3.8) is 0 Å². The molecule has 0 fully saturated rings. The first-order valence-corrected chi connectivity index (χ1v) is 6.92. The van der Waals surface area contributed by atoms with Crippen LogP contribution in [0.15, 0.2) is 28.5 Å². The highest BCUT2D eigenvalue weighted by atomic mass is 32.2. The third kappa shape index (κ3) is 2.08. The summed E-state index contributed by atoms with van der Waals surface area (Å²) < 4.78 is 29.1. The molecule has 1 N–H and O–H groups in total. The van der Waals surface area contributed by atoms with E-state index >= 15 is 0 Å². The van der Waals surface area contributed by atoms with Crippen molar-refractivity contribution in [1.29, 1.82) is 0 Å². The van der Waals surface area contributed by atoms with Crippen LogP contribution in [0.25, 0.3) is 5.57 Å². The van der Waals surface area contributed by atoms with Crippen molar-refractivity contribution < 1.29 is 13.2 Å². The van der Waals surface area contributed by atoms with Gasteiger partial charge in [0.25, 0.3) is 0 Å².